The van der Waals surface area contributed by atoms with Crippen molar-refractivity contribution in [3.05, 3.63) is 111 Å². The fourth-order valence-electron chi connectivity index (χ4n) is 4.14. The van der Waals surface area contributed by atoms with E-state index in [4.69, 9.17) is 14.2 Å². The topological polar surface area (TPSA) is 27.7 Å². The van der Waals surface area contributed by atoms with Crippen molar-refractivity contribution in [1.29, 1.82) is 0 Å². The first-order valence-corrected chi connectivity index (χ1v) is 10.2. The Hall–Kier alpha value is -3.72. The zero-order chi connectivity index (χ0) is 19.9. The van der Waals surface area contributed by atoms with E-state index < -0.39 is 0 Å². The fourth-order valence-corrected chi connectivity index (χ4v) is 4.14. The average Bonchev–Trinajstić information content (AvgIpc) is 2.83. The van der Waals surface area contributed by atoms with Gasteiger partial charge in [0.2, 0.25) is 0 Å². The Morgan fingerprint density at radius 1 is 0.567 bits per heavy atom. The van der Waals surface area contributed by atoms with Gasteiger partial charge in [0, 0.05) is 11.1 Å². The summed E-state index contributed by atoms with van der Waals surface area (Å²) in [5.41, 5.74) is 9.37. The Morgan fingerprint density at radius 3 is 2.17 bits per heavy atom. The van der Waals surface area contributed by atoms with Gasteiger partial charge in [-0.1, -0.05) is 48.5 Å². The second kappa shape index (κ2) is 6.96. The first kappa shape index (κ1) is 17.2. The van der Waals surface area contributed by atoms with Gasteiger partial charge in [0.1, 0.15) is 31.3 Å². The molecule has 0 aliphatic carbocycles. The quantitative estimate of drug-likeness (QED) is 0.516. The molecular formula is C27H20O3. The lowest BCUT2D eigenvalue weighted by atomic mass is 9.96. The molecule has 0 saturated heterocycles. The van der Waals surface area contributed by atoms with Crippen LogP contribution in [0.3, 0.4) is 0 Å². The average molecular weight is 392 g/mol. The molecule has 0 aromatic heterocycles. The highest BCUT2D eigenvalue weighted by Crippen LogP contribution is 2.34. The highest BCUT2D eigenvalue weighted by Gasteiger charge is 2.18. The molecule has 0 amide bonds. The van der Waals surface area contributed by atoms with Crippen molar-refractivity contribution in [3.8, 4) is 0 Å². The normalized spacial score (nSPS) is 16.0. The summed E-state index contributed by atoms with van der Waals surface area (Å²) >= 11 is 0. The van der Waals surface area contributed by atoms with E-state index in [0.717, 1.165) is 22.6 Å². The van der Waals surface area contributed by atoms with Gasteiger partial charge in [0.05, 0.1) is 6.26 Å². The van der Waals surface area contributed by atoms with Crippen LogP contribution in [-0.2, 0) is 34.0 Å². The molecule has 6 rings (SSSR count). The van der Waals surface area contributed by atoms with Gasteiger partial charge < -0.3 is 14.2 Å². The van der Waals surface area contributed by atoms with Crippen LogP contribution in [0.4, 0.5) is 0 Å². The minimum absolute atomic E-state index is 0.551. The third kappa shape index (κ3) is 3.00. The molecule has 0 unspecified atom stereocenters. The van der Waals surface area contributed by atoms with Crippen LogP contribution in [0.2, 0.25) is 0 Å². The van der Waals surface area contributed by atoms with Gasteiger partial charge in [0.25, 0.3) is 0 Å². The molecule has 3 heteroatoms. The van der Waals surface area contributed by atoms with Crippen LogP contribution in [0.25, 0.3) is 29.7 Å². The van der Waals surface area contributed by atoms with Crippen molar-refractivity contribution in [2.24, 2.45) is 0 Å². The number of hydrogen-bond acceptors (Lipinski definition) is 3. The molecule has 0 bridgehead atoms. The third-order valence-corrected chi connectivity index (χ3v) is 5.84. The van der Waals surface area contributed by atoms with Gasteiger partial charge in [-0.15, -0.1) is 0 Å². The van der Waals surface area contributed by atoms with Crippen LogP contribution >= 0.6 is 0 Å². The minimum Gasteiger partial charge on any atom is -0.496 e. The van der Waals surface area contributed by atoms with Crippen LogP contribution in [0.15, 0.2) is 66.9 Å². The Morgan fingerprint density at radius 2 is 1.27 bits per heavy atom. The molecule has 0 saturated carbocycles. The number of rotatable bonds is 2. The van der Waals surface area contributed by atoms with E-state index in [1.165, 1.54) is 33.4 Å². The van der Waals surface area contributed by atoms with Crippen molar-refractivity contribution in [3.63, 3.8) is 0 Å². The van der Waals surface area contributed by atoms with Crippen molar-refractivity contribution >= 4 is 29.7 Å². The van der Waals surface area contributed by atoms with Gasteiger partial charge >= 0.3 is 0 Å². The van der Waals surface area contributed by atoms with Crippen molar-refractivity contribution in [2.45, 2.75) is 19.8 Å². The maximum Gasteiger partial charge on any atom is 0.127 e. The smallest absolute Gasteiger partial charge is 0.127 e. The lowest BCUT2D eigenvalue weighted by Gasteiger charge is -2.22. The fraction of sp³-hybridized carbons (Fsp3) is 0.111. The van der Waals surface area contributed by atoms with Crippen LogP contribution in [0, 0.1) is 0 Å². The summed E-state index contributed by atoms with van der Waals surface area (Å²) in [6, 6.07) is 21.2. The number of benzene rings is 3. The first-order chi connectivity index (χ1) is 14.8. The molecule has 146 valence electrons. The van der Waals surface area contributed by atoms with E-state index in [9.17, 15) is 0 Å². The second-order valence-corrected chi connectivity index (χ2v) is 7.73. The second-order valence-electron chi connectivity index (χ2n) is 7.73. The summed E-state index contributed by atoms with van der Waals surface area (Å²) < 4.78 is 17.5. The maximum atomic E-state index is 6.13. The highest BCUT2D eigenvalue weighted by molar-refractivity contribution is 5.84. The summed E-state index contributed by atoms with van der Waals surface area (Å²) in [5, 5.41) is 0. The standard InChI is InChI=1S/C27H20O3/c1-2-4-23-16-29-26(13-18(23)3-1)22-6-5-19-14-27(30-17-25(19)12-22)21-7-8-24-15-28-10-9-20(24)11-21/h1-14H,15-17H2. The molecular weight excluding hydrogens is 372 g/mol. The number of hydrogen-bond donors (Lipinski definition) is 0. The Bertz CT molecular complexity index is 1250. The lowest BCUT2D eigenvalue weighted by molar-refractivity contribution is 0.234. The molecule has 3 nitrogen and oxygen atoms in total. The molecule has 30 heavy (non-hydrogen) atoms. The first-order valence-electron chi connectivity index (χ1n) is 10.2. The summed E-state index contributed by atoms with van der Waals surface area (Å²) in [7, 11) is 0. The van der Waals surface area contributed by atoms with Crippen LogP contribution in [0.5, 0.6) is 0 Å². The molecule has 0 fully saturated rings. The number of fused-ring (bicyclic) bond motifs is 3. The molecule has 3 heterocycles. The molecule has 0 N–H and O–H groups in total. The van der Waals surface area contributed by atoms with E-state index in [1.807, 2.05) is 12.1 Å². The van der Waals surface area contributed by atoms with Crippen molar-refractivity contribution in [2.75, 3.05) is 0 Å². The summed E-state index contributed by atoms with van der Waals surface area (Å²) in [6.07, 6.45) is 8.00. The third-order valence-electron chi connectivity index (χ3n) is 5.84. The molecule has 0 atom stereocenters. The van der Waals surface area contributed by atoms with E-state index in [0.29, 0.717) is 19.8 Å². The predicted molar refractivity (Wildman–Crippen MR) is 118 cm³/mol. The summed E-state index contributed by atoms with van der Waals surface area (Å²) in [5.74, 6) is 1.81. The van der Waals surface area contributed by atoms with Crippen LogP contribution in [-0.4, -0.2) is 0 Å². The molecule has 0 radical (unpaired) electrons. The summed E-state index contributed by atoms with van der Waals surface area (Å²) in [4.78, 5) is 0. The van der Waals surface area contributed by atoms with Crippen LogP contribution in [0.1, 0.15) is 44.5 Å². The zero-order valence-electron chi connectivity index (χ0n) is 16.4. The van der Waals surface area contributed by atoms with Crippen LogP contribution < -0.4 is 0 Å². The molecule has 0 spiro atoms. The van der Waals surface area contributed by atoms with Gasteiger partial charge in [-0.25, -0.2) is 0 Å². The SMILES string of the molecule is C1=Cc2cc(C3=Cc4ccc(C5=Cc6ccccc6CO5)cc4CO3)ccc2CO1. The Kier molecular flexibility index (Phi) is 3.98. The Balaban J connectivity index is 1.32. The van der Waals surface area contributed by atoms with E-state index in [-0.39, 0.29) is 0 Å². The van der Waals surface area contributed by atoms with Crippen molar-refractivity contribution < 1.29 is 14.2 Å². The lowest BCUT2D eigenvalue weighted by Crippen LogP contribution is -2.06. The van der Waals surface area contributed by atoms with Gasteiger partial charge in [-0.3, -0.25) is 0 Å². The molecule has 3 aromatic rings. The predicted octanol–water partition coefficient (Wildman–Crippen LogP) is 6.24. The van der Waals surface area contributed by atoms with Gasteiger partial charge in [0.15, 0.2) is 0 Å². The molecule has 3 aliphatic rings. The minimum atomic E-state index is 0.551. The zero-order valence-corrected chi connectivity index (χ0v) is 16.4. The Labute approximate surface area is 175 Å². The largest absolute Gasteiger partial charge is 0.496 e. The van der Waals surface area contributed by atoms with E-state index in [2.05, 4.69) is 66.7 Å². The van der Waals surface area contributed by atoms with Gasteiger partial charge in [-0.05, 0) is 63.7 Å². The summed E-state index contributed by atoms with van der Waals surface area (Å²) in [6.45, 7) is 1.78. The molecule has 3 aliphatic heterocycles. The highest BCUT2D eigenvalue weighted by atomic mass is 16.5. The van der Waals surface area contributed by atoms with Gasteiger partial charge in [-0.2, -0.15) is 0 Å². The van der Waals surface area contributed by atoms with Crippen molar-refractivity contribution in [1.82, 2.24) is 0 Å². The number of ether oxygens (including phenoxy) is 3. The monoisotopic (exact) mass is 392 g/mol. The molecule has 3 aromatic carbocycles. The maximum absolute atomic E-state index is 6.13. The van der Waals surface area contributed by atoms with E-state index in [1.54, 1.807) is 6.26 Å². The van der Waals surface area contributed by atoms with E-state index >= 15 is 0 Å².